The highest BCUT2D eigenvalue weighted by atomic mass is 35.5. The van der Waals surface area contributed by atoms with Crippen LogP contribution in [0.1, 0.15) is 72.4 Å². The van der Waals surface area contributed by atoms with Crippen LogP contribution in [0.15, 0.2) is 53.4 Å². The Morgan fingerprint density at radius 1 is 1.03 bits per heavy atom. The third-order valence-electron chi connectivity index (χ3n) is 6.53. The molecule has 1 saturated carbocycles. The number of ether oxygens (including phenoxy) is 2. The maximum Gasteiger partial charge on any atom is 0.424 e. The number of halogens is 1. The summed E-state index contributed by atoms with van der Waals surface area (Å²) in [5.74, 6) is 1.22. The minimum Gasteiger partial charge on any atom is -0.496 e. The second kappa shape index (κ2) is 9.99. The van der Waals surface area contributed by atoms with Gasteiger partial charge >= 0.3 is 6.09 Å². The number of amides is 1. The molecule has 0 spiro atoms. The summed E-state index contributed by atoms with van der Waals surface area (Å²) in [4.78, 5) is 12.9. The first-order chi connectivity index (χ1) is 16.9. The molecule has 0 radical (unpaired) electrons. The third-order valence-corrected chi connectivity index (χ3v) is 8.81. The van der Waals surface area contributed by atoms with Crippen LogP contribution in [0.2, 0.25) is 5.02 Å². The number of carbonyl (C=O) groups is 1. The van der Waals surface area contributed by atoms with E-state index < -0.39 is 27.3 Å². The highest BCUT2D eigenvalue weighted by molar-refractivity contribution is 7.89. The predicted octanol–water partition coefficient (Wildman–Crippen LogP) is 7.53. The summed E-state index contributed by atoms with van der Waals surface area (Å²) >= 11 is 6.17. The molecule has 37 heavy (non-hydrogen) atoms. The Morgan fingerprint density at radius 2 is 1.62 bits per heavy atom. The molecule has 1 fully saturated rings. The van der Waals surface area contributed by atoms with E-state index in [0.29, 0.717) is 5.02 Å². The van der Waals surface area contributed by atoms with Crippen molar-refractivity contribution < 1.29 is 22.7 Å². The molecular formula is C29H38ClNO5S. The van der Waals surface area contributed by atoms with Gasteiger partial charge in [0.1, 0.15) is 11.4 Å². The van der Waals surface area contributed by atoms with Gasteiger partial charge in [-0.3, -0.25) is 0 Å². The van der Waals surface area contributed by atoms with E-state index in [9.17, 15) is 13.2 Å². The van der Waals surface area contributed by atoms with Gasteiger partial charge in [-0.25, -0.2) is 13.2 Å². The van der Waals surface area contributed by atoms with E-state index in [-0.39, 0.29) is 22.1 Å². The topological polar surface area (TPSA) is 72.9 Å². The van der Waals surface area contributed by atoms with Crippen LogP contribution in [0.4, 0.5) is 4.79 Å². The van der Waals surface area contributed by atoms with Crippen molar-refractivity contribution in [1.29, 1.82) is 0 Å². The van der Waals surface area contributed by atoms with Gasteiger partial charge in [0.05, 0.1) is 17.5 Å². The molecule has 1 aliphatic rings. The number of allylic oxidation sites excluding steroid dienone is 1. The fourth-order valence-electron chi connectivity index (χ4n) is 4.70. The quantitative estimate of drug-likeness (QED) is 0.374. The zero-order valence-corrected chi connectivity index (χ0v) is 24.7. The Balaban J connectivity index is 1.86. The summed E-state index contributed by atoms with van der Waals surface area (Å²) in [5, 5.41) is 0.638. The van der Waals surface area contributed by atoms with Crippen molar-refractivity contribution in [3.63, 3.8) is 0 Å². The Labute approximate surface area is 226 Å². The average molecular weight is 548 g/mol. The smallest absolute Gasteiger partial charge is 0.424 e. The number of carbonyl (C=O) groups excluding carboxylic acids is 1. The number of hydrogen-bond donors (Lipinski definition) is 0. The van der Waals surface area contributed by atoms with Gasteiger partial charge in [0.2, 0.25) is 0 Å². The SMILES string of the molecule is COc1ccc(Cl)cc1C=C[C@@H]1[C@@H](c2ccc(S(=O)(=O)N(C(=O)OC(C)(C)C)C(C)(C)C)cc2)C1(C)C. The summed E-state index contributed by atoms with van der Waals surface area (Å²) in [6, 6.07) is 12.3. The zero-order valence-electron chi connectivity index (χ0n) is 23.1. The molecular weight excluding hydrogens is 510 g/mol. The van der Waals surface area contributed by atoms with Gasteiger partial charge < -0.3 is 9.47 Å². The largest absolute Gasteiger partial charge is 0.496 e. The molecule has 0 aromatic heterocycles. The normalized spacial score (nSPS) is 19.5. The van der Waals surface area contributed by atoms with Crippen molar-refractivity contribution in [2.75, 3.05) is 7.11 Å². The van der Waals surface area contributed by atoms with Gasteiger partial charge in [0.15, 0.2) is 0 Å². The van der Waals surface area contributed by atoms with Crippen LogP contribution in [0.5, 0.6) is 5.75 Å². The first-order valence-electron chi connectivity index (χ1n) is 12.3. The summed E-state index contributed by atoms with van der Waals surface area (Å²) in [6.45, 7) is 14.5. The molecule has 0 bridgehead atoms. The van der Waals surface area contributed by atoms with Gasteiger partial charge in [-0.15, -0.1) is 0 Å². The minimum atomic E-state index is -4.13. The molecule has 2 aromatic rings. The number of benzene rings is 2. The van der Waals surface area contributed by atoms with E-state index in [2.05, 4.69) is 19.9 Å². The van der Waals surface area contributed by atoms with E-state index in [0.717, 1.165) is 21.2 Å². The molecule has 8 heteroatoms. The number of nitrogens with zero attached hydrogens (tertiary/aromatic N) is 1. The van der Waals surface area contributed by atoms with Crippen LogP contribution < -0.4 is 4.74 Å². The molecule has 0 aliphatic heterocycles. The number of methoxy groups -OCH3 is 1. The fraction of sp³-hybridized carbons (Fsp3) is 0.483. The van der Waals surface area contributed by atoms with Crippen LogP contribution in [0.25, 0.3) is 6.08 Å². The molecule has 3 rings (SSSR count). The third kappa shape index (κ3) is 6.32. The van der Waals surface area contributed by atoms with E-state index in [1.807, 2.05) is 30.3 Å². The van der Waals surface area contributed by atoms with Gasteiger partial charge in [-0.2, -0.15) is 4.31 Å². The Bertz CT molecular complexity index is 1290. The van der Waals surface area contributed by atoms with E-state index in [1.54, 1.807) is 66.9 Å². The highest BCUT2D eigenvalue weighted by Crippen LogP contribution is 2.65. The molecule has 202 valence electrons. The molecule has 0 saturated heterocycles. The van der Waals surface area contributed by atoms with Crippen molar-refractivity contribution in [2.45, 2.75) is 77.3 Å². The van der Waals surface area contributed by atoms with Crippen LogP contribution in [0.3, 0.4) is 0 Å². The summed E-state index contributed by atoms with van der Waals surface area (Å²) in [6.07, 6.45) is 3.29. The van der Waals surface area contributed by atoms with Gasteiger partial charge in [-0.05, 0) is 94.7 Å². The van der Waals surface area contributed by atoms with E-state index >= 15 is 0 Å². The molecule has 1 aliphatic carbocycles. The van der Waals surface area contributed by atoms with Crippen LogP contribution in [0, 0.1) is 11.3 Å². The van der Waals surface area contributed by atoms with Crippen molar-refractivity contribution in [3.05, 3.63) is 64.7 Å². The van der Waals surface area contributed by atoms with Crippen LogP contribution >= 0.6 is 11.6 Å². The van der Waals surface area contributed by atoms with Crippen LogP contribution in [-0.2, 0) is 14.8 Å². The first kappa shape index (κ1) is 29.1. The first-order valence-corrected chi connectivity index (χ1v) is 14.1. The van der Waals surface area contributed by atoms with Gasteiger partial charge in [-0.1, -0.05) is 49.7 Å². The van der Waals surface area contributed by atoms with E-state index in [4.69, 9.17) is 21.1 Å². The lowest BCUT2D eigenvalue weighted by molar-refractivity contribution is 0.0282. The maximum atomic E-state index is 13.5. The van der Waals surface area contributed by atoms with Gasteiger partial charge in [0.25, 0.3) is 10.0 Å². The van der Waals surface area contributed by atoms with Crippen molar-refractivity contribution in [1.82, 2.24) is 4.31 Å². The predicted molar refractivity (Wildman–Crippen MR) is 149 cm³/mol. The van der Waals surface area contributed by atoms with Crippen molar-refractivity contribution in [2.24, 2.45) is 11.3 Å². The maximum absolute atomic E-state index is 13.5. The van der Waals surface area contributed by atoms with Gasteiger partial charge in [0, 0.05) is 10.6 Å². The molecule has 0 heterocycles. The van der Waals surface area contributed by atoms with Crippen molar-refractivity contribution in [3.8, 4) is 5.75 Å². The highest BCUT2D eigenvalue weighted by Gasteiger charge is 2.56. The lowest BCUT2D eigenvalue weighted by Gasteiger charge is -2.35. The average Bonchev–Trinajstić information content (AvgIpc) is 3.29. The fourth-order valence-corrected chi connectivity index (χ4v) is 6.53. The summed E-state index contributed by atoms with van der Waals surface area (Å²) < 4.78 is 38.8. The number of sulfonamides is 1. The molecule has 1 amide bonds. The number of hydrogen-bond acceptors (Lipinski definition) is 5. The van der Waals surface area contributed by atoms with E-state index in [1.165, 1.54) is 0 Å². The molecule has 2 aromatic carbocycles. The Morgan fingerprint density at radius 3 is 2.14 bits per heavy atom. The van der Waals surface area contributed by atoms with Crippen LogP contribution in [-0.4, -0.2) is 37.1 Å². The lowest BCUT2D eigenvalue weighted by atomic mass is 10.0. The Kier molecular flexibility index (Phi) is 7.84. The number of rotatable bonds is 6. The lowest BCUT2D eigenvalue weighted by Crippen LogP contribution is -2.51. The standard InChI is InChI=1S/C29H38ClNO5S/c1-27(2,3)31(26(32)36-28(4,5)6)37(33,34)22-14-10-19(11-15-22)25-23(29(25,7)8)16-12-20-18-21(30)13-17-24(20)35-9/h10-18,23,25H,1-9H3/t23-,25-/m1/s1. The molecule has 6 nitrogen and oxygen atoms in total. The second-order valence-corrected chi connectivity index (χ2v) is 14.3. The summed E-state index contributed by atoms with van der Waals surface area (Å²) in [5.41, 5.74) is 0.111. The molecule has 2 atom stereocenters. The summed E-state index contributed by atoms with van der Waals surface area (Å²) in [7, 11) is -2.51. The second-order valence-electron chi connectivity index (χ2n) is 12.1. The Hall–Kier alpha value is -2.51. The molecule has 0 unspecified atom stereocenters. The van der Waals surface area contributed by atoms with Crippen molar-refractivity contribution >= 4 is 33.8 Å². The monoisotopic (exact) mass is 547 g/mol. The molecule has 0 N–H and O–H groups in total. The minimum absolute atomic E-state index is 0.00331. The zero-order chi connectivity index (χ0) is 28.0.